The number of unbranched alkanes of at least 4 members (excludes halogenated alkanes) is 2. The van der Waals surface area contributed by atoms with Crippen molar-refractivity contribution in [3.8, 4) is 10.6 Å². The van der Waals surface area contributed by atoms with Crippen LogP contribution in [0.5, 0.6) is 0 Å². The van der Waals surface area contributed by atoms with Gasteiger partial charge in [0.05, 0.1) is 11.1 Å². The fourth-order valence-corrected chi connectivity index (χ4v) is 3.45. The molecule has 0 bridgehead atoms. The minimum atomic E-state index is 0.584. The van der Waals surface area contributed by atoms with Crippen LogP contribution in [0.3, 0.4) is 0 Å². The van der Waals surface area contributed by atoms with Gasteiger partial charge in [-0.3, -0.25) is 4.98 Å². The second-order valence-electron chi connectivity index (χ2n) is 5.87. The van der Waals surface area contributed by atoms with Crippen molar-refractivity contribution in [3.63, 3.8) is 0 Å². The molecule has 0 atom stereocenters. The topological polar surface area (TPSA) is 62.7 Å². The number of hydrogen-bond acceptors (Lipinski definition) is 5. The Morgan fingerprint density at radius 3 is 2.88 bits per heavy atom. The van der Waals surface area contributed by atoms with Gasteiger partial charge in [0.2, 0.25) is 0 Å². The van der Waals surface area contributed by atoms with Crippen LogP contribution in [0.2, 0.25) is 0 Å². The van der Waals surface area contributed by atoms with Gasteiger partial charge < -0.3 is 10.6 Å². The largest absolute Gasteiger partial charge is 0.362 e. The summed E-state index contributed by atoms with van der Waals surface area (Å²) in [6.45, 7) is 5.13. The summed E-state index contributed by atoms with van der Waals surface area (Å²) >= 11 is 6.98. The first-order chi connectivity index (χ1) is 12.2. The van der Waals surface area contributed by atoms with E-state index in [0.717, 1.165) is 29.1 Å². The average Bonchev–Trinajstić information content (AvgIpc) is 3.04. The van der Waals surface area contributed by atoms with Gasteiger partial charge in [-0.05, 0) is 54.7 Å². The van der Waals surface area contributed by atoms with Crippen LogP contribution in [-0.2, 0) is 0 Å². The van der Waals surface area contributed by atoms with Crippen LogP contribution in [0.1, 0.15) is 31.7 Å². The second-order valence-corrected chi connectivity index (χ2v) is 7.19. The Morgan fingerprint density at radius 1 is 1.24 bits per heavy atom. The van der Waals surface area contributed by atoms with Crippen LogP contribution in [0.4, 0.5) is 5.82 Å². The lowest BCUT2D eigenvalue weighted by Gasteiger charge is -2.10. The molecule has 0 aliphatic rings. The summed E-state index contributed by atoms with van der Waals surface area (Å²) in [4.78, 5) is 14.8. The number of nitrogens with one attached hydrogen (secondary N) is 2. The maximum atomic E-state index is 5.32. The average molecular weight is 372 g/mol. The zero-order valence-electron chi connectivity index (χ0n) is 14.4. The fourth-order valence-electron chi connectivity index (χ4n) is 2.39. The number of anilines is 1. The van der Waals surface area contributed by atoms with Gasteiger partial charge in [0, 0.05) is 6.54 Å². The molecule has 7 heteroatoms. The van der Waals surface area contributed by atoms with Gasteiger partial charge in [-0.25, -0.2) is 9.97 Å². The molecule has 25 heavy (non-hydrogen) atoms. The first-order valence-electron chi connectivity index (χ1n) is 8.40. The summed E-state index contributed by atoms with van der Waals surface area (Å²) in [6.07, 6.45) is 5.30. The molecule has 0 fully saturated rings. The second kappa shape index (κ2) is 8.31. The highest BCUT2D eigenvalue weighted by molar-refractivity contribution is 7.80. The van der Waals surface area contributed by atoms with Gasteiger partial charge in [-0.15, -0.1) is 11.3 Å². The Hall–Kier alpha value is -2.12. The fraction of sp³-hybridized carbons (Fsp3) is 0.333. The van der Waals surface area contributed by atoms with Crippen molar-refractivity contribution >= 4 is 45.6 Å². The molecule has 3 rings (SSSR count). The minimum Gasteiger partial charge on any atom is -0.362 e. The summed E-state index contributed by atoms with van der Waals surface area (Å²) in [5, 5.41) is 9.01. The van der Waals surface area contributed by atoms with E-state index < -0.39 is 0 Å². The third kappa shape index (κ3) is 4.70. The summed E-state index contributed by atoms with van der Waals surface area (Å²) in [5.74, 6) is 0.675. The van der Waals surface area contributed by atoms with E-state index in [0.29, 0.717) is 16.6 Å². The molecule has 0 aliphatic carbocycles. The van der Waals surface area contributed by atoms with Crippen LogP contribution >= 0.6 is 23.6 Å². The maximum Gasteiger partial charge on any atom is 0.180 e. The van der Waals surface area contributed by atoms with Crippen molar-refractivity contribution in [1.82, 2.24) is 20.3 Å². The van der Waals surface area contributed by atoms with E-state index in [4.69, 9.17) is 12.2 Å². The molecule has 3 heterocycles. The van der Waals surface area contributed by atoms with Crippen molar-refractivity contribution in [3.05, 3.63) is 35.3 Å². The molecular weight excluding hydrogens is 350 g/mol. The summed E-state index contributed by atoms with van der Waals surface area (Å²) in [7, 11) is 0. The number of nitrogens with zero attached hydrogens (tertiary/aromatic N) is 3. The van der Waals surface area contributed by atoms with E-state index in [1.807, 2.05) is 12.1 Å². The van der Waals surface area contributed by atoms with Gasteiger partial charge in [-0.2, -0.15) is 0 Å². The molecule has 0 aliphatic heterocycles. The number of aryl methyl sites for hydroxylation is 1. The van der Waals surface area contributed by atoms with E-state index in [9.17, 15) is 0 Å². The molecule has 0 saturated carbocycles. The molecular formula is C18H21N5S2. The van der Waals surface area contributed by atoms with Gasteiger partial charge >= 0.3 is 0 Å². The Bertz CT molecular complexity index is 875. The number of fused-ring (bicyclic) bond motifs is 1. The van der Waals surface area contributed by atoms with Crippen LogP contribution in [0.15, 0.2) is 29.8 Å². The molecule has 3 aromatic rings. The smallest absolute Gasteiger partial charge is 0.180 e. The zero-order chi connectivity index (χ0) is 17.6. The van der Waals surface area contributed by atoms with Gasteiger partial charge in [-0.1, -0.05) is 19.8 Å². The number of rotatable bonds is 6. The lowest BCUT2D eigenvalue weighted by Crippen LogP contribution is -2.29. The van der Waals surface area contributed by atoms with Crippen LogP contribution in [-0.4, -0.2) is 26.6 Å². The maximum absolute atomic E-state index is 5.32. The lowest BCUT2D eigenvalue weighted by atomic mass is 10.2. The van der Waals surface area contributed by atoms with Crippen molar-refractivity contribution in [1.29, 1.82) is 0 Å². The van der Waals surface area contributed by atoms with Gasteiger partial charge in [0.1, 0.15) is 17.0 Å². The number of hydrogen-bond donors (Lipinski definition) is 2. The van der Waals surface area contributed by atoms with Crippen molar-refractivity contribution in [2.24, 2.45) is 0 Å². The van der Waals surface area contributed by atoms with E-state index >= 15 is 0 Å². The van der Waals surface area contributed by atoms with E-state index in [-0.39, 0.29) is 0 Å². The molecule has 5 nitrogen and oxygen atoms in total. The number of thiocarbonyl (C=S) groups is 1. The Kier molecular flexibility index (Phi) is 5.88. The highest BCUT2D eigenvalue weighted by atomic mass is 32.1. The molecule has 3 aromatic heterocycles. The quantitative estimate of drug-likeness (QED) is 0.490. The molecule has 0 unspecified atom stereocenters. The molecule has 0 spiro atoms. The minimum absolute atomic E-state index is 0.584. The number of pyridine rings is 1. The standard InChI is InChI=1S/C18H21N5S2/c1-3-4-5-8-19-18(24)23-16-7-6-13-17(22-16)21-14(10-20-13)15-9-12(2)11-25-15/h6-7,9-11H,3-5,8H2,1-2H3,(H2,19,21,22,23,24). The highest BCUT2D eigenvalue weighted by Crippen LogP contribution is 2.25. The molecule has 0 amide bonds. The predicted octanol–water partition coefficient (Wildman–Crippen LogP) is 4.54. The molecule has 0 radical (unpaired) electrons. The SMILES string of the molecule is CCCCCNC(=S)Nc1ccc2ncc(-c3cc(C)cs3)nc2n1. The Balaban J connectivity index is 1.73. The van der Waals surface area contributed by atoms with Crippen LogP contribution in [0, 0.1) is 6.92 Å². The van der Waals surface area contributed by atoms with Crippen molar-refractivity contribution < 1.29 is 0 Å². The monoisotopic (exact) mass is 371 g/mol. The first kappa shape index (κ1) is 17.7. The van der Waals surface area contributed by atoms with E-state index in [1.54, 1.807) is 17.5 Å². The molecule has 0 aromatic carbocycles. The van der Waals surface area contributed by atoms with E-state index in [1.165, 1.54) is 18.4 Å². The third-order valence-corrected chi connectivity index (χ3v) is 5.01. The lowest BCUT2D eigenvalue weighted by molar-refractivity contribution is 0.697. The zero-order valence-corrected chi connectivity index (χ0v) is 16.0. The van der Waals surface area contributed by atoms with Crippen molar-refractivity contribution in [2.45, 2.75) is 33.1 Å². The molecule has 2 N–H and O–H groups in total. The summed E-state index contributed by atoms with van der Waals surface area (Å²) < 4.78 is 0. The van der Waals surface area contributed by atoms with E-state index in [2.05, 4.69) is 50.9 Å². The summed E-state index contributed by atoms with van der Waals surface area (Å²) in [6, 6.07) is 5.88. The van der Waals surface area contributed by atoms with Crippen LogP contribution in [0.25, 0.3) is 21.7 Å². The molecule has 130 valence electrons. The first-order valence-corrected chi connectivity index (χ1v) is 9.68. The molecule has 0 saturated heterocycles. The Labute approximate surface area is 156 Å². The number of thiophene rings is 1. The third-order valence-electron chi connectivity index (χ3n) is 3.70. The van der Waals surface area contributed by atoms with Crippen LogP contribution < -0.4 is 10.6 Å². The highest BCUT2D eigenvalue weighted by Gasteiger charge is 2.07. The number of aromatic nitrogens is 3. The van der Waals surface area contributed by atoms with Crippen molar-refractivity contribution in [2.75, 3.05) is 11.9 Å². The predicted molar refractivity (Wildman–Crippen MR) is 109 cm³/mol. The van der Waals surface area contributed by atoms with Gasteiger partial charge in [0.25, 0.3) is 0 Å². The normalized spacial score (nSPS) is 10.8. The van der Waals surface area contributed by atoms with Gasteiger partial charge in [0.15, 0.2) is 10.8 Å². The summed E-state index contributed by atoms with van der Waals surface area (Å²) in [5.41, 5.74) is 3.45. The Morgan fingerprint density at radius 2 is 2.12 bits per heavy atom.